The fourth-order valence-electron chi connectivity index (χ4n) is 9.24. The molecule has 1 aliphatic carbocycles. The van der Waals surface area contributed by atoms with Crippen LogP contribution in [-0.4, -0.2) is 106 Å². The van der Waals surface area contributed by atoms with Crippen LogP contribution in [0.25, 0.3) is 0 Å². The van der Waals surface area contributed by atoms with E-state index in [0.717, 1.165) is 85.0 Å². The van der Waals surface area contributed by atoms with Crippen molar-refractivity contribution in [3.05, 3.63) is 88.6 Å². The maximum absolute atomic E-state index is 15.5. The summed E-state index contributed by atoms with van der Waals surface area (Å²) in [6.07, 6.45) is 6.39. The number of aromatic nitrogens is 3. The van der Waals surface area contributed by atoms with Crippen molar-refractivity contribution < 1.29 is 23.5 Å². The number of piperazine rings is 1. The molecule has 0 bridgehead atoms. The number of carbonyl (C=O) groups excluding carboxylic acids is 3. The zero-order valence-corrected chi connectivity index (χ0v) is 31.8. The van der Waals surface area contributed by atoms with Gasteiger partial charge in [0.05, 0.1) is 36.5 Å². The minimum absolute atomic E-state index is 0.0190. The highest BCUT2D eigenvalue weighted by atomic mass is 19.1. The molecule has 5 aliphatic heterocycles. The van der Waals surface area contributed by atoms with E-state index in [1.807, 2.05) is 29.4 Å². The fraction of sp³-hybridized carbons (Fsp3) is 0.429. The predicted octanol–water partition coefficient (Wildman–Crippen LogP) is 3.67. The smallest absolute Gasteiger partial charge is 0.237 e. The lowest BCUT2D eigenvalue weighted by Crippen LogP contribution is -2.63. The molecule has 3 atom stereocenters. The van der Waals surface area contributed by atoms with Gasteiger partial charge in [0, 0.05) is 86.9 Å². The lowest BCUT2D eigenvalue weighted by atomic mass is 9.90. The van der Waals surface area contributed by atoms with E-state index < -0.39 is 5.82 Å². The molecule has 294 valence electrons. The van der Waals surface area contributed by atoms with E-state index in [-0.39, 0.29) is 36.1 Å². The largest absolute Gasteiger partial charge is 0.474 e. The minimum atomic E-state index is -0.434. The van der Waals surface area contributed by atoms with Crippen molar-refractivity contribution in [3.63, 3.8) is 0 Å². The second-order valence-electron chi connectivity index (χ2n) is 16.0. The molecule has 2 aromatic carbocycles. The fourth-order valence-corrected chi connectivity index (χ4v) is 9.24. The van der Waals surface area contributed by atoms with Gasteiger partial charge in [-0.15, -0.1) is 0 Å². The summed E-state index contributed by atoms with van der Waals surface area (Å²) in [6.45, 7) is 8.12. The van der Waals surface area contributed by atoms with Crippen LogP contribution in [0.2, 0.25) is 0 Å². The number of amides is 3. The number of fused-ring (bicyclic) bond motifs is 3. The summed E-state index contributed by atoms with van der Waals surface area (Å²) in [6, 6.07) is 13.9. The zero-order chi connectivity index (χ0) is 38.8. The maximum Gasteiger partial charge on any atom is 0.237 e. The molecule has 15 heteroatoms. The molecule has 4 fully saturated rings. The van der Waals surface area contributed by atoms with E-state index in [1.165, 1.54) is 6.07 Å². The van der Waals surface area contributed by atoms with Crippen molar-refractivity contribution in [1.82, 2.24) is 30.1 Å². The van der Waals surface area contributed by atoms with Gasteiger partial charge in [-0.1, -0.05) is 18.2 Å². The zero-order valence-electron chi connectivity index (χ0n) is 31.8. The Morgan fingerprint density at radius 2 is 1.86 bits per heavy atom. The standard InChI is InChI=1S/C42H45FN10O4/c1-24-36(20-45-41-39(24)44-11-15-57-41)50-12-10-27-19-46-42(48-33(27)23-50)47-28-5-2-26(32(43)17-28)16-38(55)53-14-13-52(34-18-35(34)53)30-21-51(22-30)29-6-3-25(4-7-29)31-8-9-37(54)49-40(31)56/h2-7,17,19-20,30-31,34-35,44H,8-16,18,21-23H2,1H3,(H,46,47,48)(H,49,54,56)/t31?,34-,35+/m1/s1. The number of piperidine rings is 1. The number of anilines is 5. The summed E-state index contributed by atoms with van der Waals surface area (Å²) in [7, 11) is 0. The molecule has 3 amide bonds. The number of nitrogens with one attached hydrogen (secondary N) is 3. The third kappa shape index (κ3) is 6.77. The summed E-state index contributed by atoms with van der Waals surface area (Å²) < 4.78 is 21.2. The number of pyridine rings is 1. The molecule has 3 saturated heterocycles. The Balaban J connectivity index is 0.716. The molecule has 4 aromatic rings. The Morgan fingerprint density at radius 1 is 1.00 bits per heavy atom. The molecule has 0 spiro atoms. The van der Waals surface area contributed by atoms with Crippen molar-refractivity contribution in [1.29, 1.82) is 0 Å². The number of rotatable bonds is 8. The highest BCUT2D eigenvalue weighted by molar-refractivity contribution is 6.01. The topological polar surface area (TPSA) is 148 Å². The Kier molecular flexibility index (Phi) is 8.91. The molecule has 1 saturated carbocycles. The van der Waals surface area contributed by atoms with Gasteiger partial charge in [-0.2, -0.15) is 0 Å². The van der Waals surface area contributed by atoms with Crippen molar-refractivity contribution in [2.75, 3.05) is 66.3 Å². The SMILES string of the molecule is Cc1c(N2CCc3cnc(Nc4ccc(CC(=O)N5CCN(C6CN(c7ccc(C8CCC(=O)NC8=O)cc7)C6)[C@@H]6C[C@@H]65)c(F)c4)nc3C2)cnc2c1NCCO2. The maximum atomic E-state index is 15.5. The Morgan fingerprint density at radius 3 is 2.68 bits per heavy atom. The van der Waals surface area contributed by atoms with Gasteiger partial charge in [0.2, 0.25) is 29.5 Å². The molecule has 2 aromatic heterocycles. The molecule has 0 radical (unpaired) electrons. The second-order valence-corrected chi connectivity index (χ2v) is 16.0. The van der Waals surface area contributed by atoms with Crippen LogP contribution in [0.4, 0.5) is 33.1 Å². The third-order valence-electron chi connectivity index (χ3n) is 12.6. The predicted molar refractivity (Wildman–Crippen MR) is 211 cm³/mol. The Labute approximate surface area is 329 Å². The average molecular weight is 773 g/mol. The number of imide groups is 1. The van der Waals surface area contributed by atoms with Crippen LogP contribution in [-0.2, 0) is 33.8 Å². The van der Waals surface area contributed by atoms with E-state index in [0.29, 0.717) is 67.7 Å². The molecular formula is C42H45FN10O4. The van der Waals surface area contributed by atoms with Crippen LogP contribution >= 0.6 is 0 Å². The Hall–Kier alpha value is -5.83. The van der Waals surface area contributed by atoms with Crippen molar-refractivity contribution >= 4 is 46.4 Å². The van der Waals surface area contributed by atoms with Crippen LogP contribution < -0.4 is 30.5 Å². The minimum Gasteiger partial charge on any atom is -0.474 e. The van der Waals surface area contributed by atoms with E-state index in [1.54, 1.807) is 12.1 Å². The van der Waals surface area contributed by atoms with Crippen LogP contribution in [0.3, 0.4) is 0 Å². The number of benzene rings is 2. The van der Waals surface area contributed by atoms with E-state index in [4.69, 9.17) is 9.72 Å². The summed E-state index contributed by atoms with van der Waals surface area (Å²) in [5.41, 5.74) is 8.03. The van der Waals surface area contributed by atoms with Gasteiger partial charge in [-0.05, 0) is 67.1 Å². The first kappa shape index (κ1) is 35.6. The normalized spacial score (nSPS) is 23.0. The molecule has 3 N–H and O–H groups in total. The summed E-state index contributed by atoms with van der Waals surface area (Å²) in [4.78, 5) is 60.3. The van der Waals surface area contributed by atoms with Gasteiger partial charge in [0.25, 0.3) is 0 Å². The van der Waals surface area contributed by atoms with Crippen LogP contribution in [0, 0.1) is 12.7 Å². The van der Waals surface area contributed by atoms with E-state index >= 15 is 4.39 Å². The molecule has 1 unspecified atom stereocenters. The van der Waals surface area contributed by atoms with Crippen molar-refractivity contribution in [2.45, 2.75) is 69.6 Å². The lowest BCUT2D eigenvalue weighted by Gasteiger charge is -2.49. The third-order valence-corrected chi connectivity index (χ3v) is 12.6. The van der Waals surface area contributed by atoms with Gasteiger partial charge in [-0.3, -0.25) is 24.6 Å². The van der Waals surface area contributed by atoms with Gasteiger partial charge >= 0.3 is 0 Å². The van der Waals surface area contributed by atoms with Crippen LogP contribution in [0.5, 0.6) is 5.88 Å². The highest BCUT2D eigenvalue weighted by Gasteiger charge is 2.53. The van der Waals surface area contributed by atoms with Gasteiger partial charge in [0.1, 0.15) is 18.1 Å². The van der Waals surface area contributed by atoms with Gasteiger partial charge in [0.15, 0.2) is 0 Å². The van der Waals surface area contributed by atoms with E-state index in [9.17, 15) is 14.4 Å². The number of hydrogen-bond acceptors (Lipinski definition) is 12. The first-order valence-corrected chi connectivity index (χ1v) is 20.0. The summed E-state index contributed by atoms with van der Waals surface area (Å²) in [5.74, 6) is -0.142. The highest BCUT2D eigenvalue weighted by Crippen LogP contribution is 2.41. The number of nitrogens with zero attached hydrogens (tertiary/aromatic N) is 7. The second kappa shape index (κ2) is 14.3. The summed E-state index contributed by atoms with van der Waals surface area (Å²) >= 11 is 0. The molecule has 7 heterocycles. The van der Waals surface area contributed by atoms with Crippen molar-refractivity contribution in [3.8, 4) is 5.88 Å². The van der Waals surface area contributed by atoms with Crippen molar-refractivity contribution in [2.24, 2.45) is 0 Å². The summed E-state index contributed by atoms with van der Waals surface area (Å²) in [5, 5.41) is 9.02. The molecule has 57 heavy (non-hydrogen) atoms. The first-order chi connectivity index (χ1) is 27.8. The van der Waals surface area contributed by atoms with Crippen LogP contribution in [0.15, 0.2) is 54.9 Å². The molecule has 6 aliphatic rings. The lowest BCUT2D eigenvalue weighted by molar-refractivity contribution is -0.135. The Bertz CT molecular complexity index is 2270. The van der Waals surface area contributed by atoms with Gasteiger partial charge < -0.3 is 30.1 Å². The molecule has 10 rings (SSSR count). The number of hydrogen-bond donors (Lipinski definition) is 3. The number of ether oxygens (including phenoxy) is 1. The molecule has 14 nitrogen and oxygen atoms in total. The monoisotopic (exact) mass is 772 g/mol. The first-order valence-electron chi connectivity index (χ1n) is 20.0. The van der Waals surface area contributed by atoms with Gasteiger partial charge in [-0.25, -0.2) is 19.3 Å². The van der Waals surface area contributed by atoms with Crippen LogP contribution in [0.1, 0.15) is 53.1 Å². The van der Waals surface area contributed by atoms with E-state index in [2.05, 4.69) is 59.7 Å². The average Bonchev–Trinajstić information content (AvgIpc) is 4.00. The number of halogens is 1. The molecular weight excluding hydrogens is 728 g/mol. The quantitative estimate of drug-likeness (QED) is 0.225. The number of carbonyl (C=O) groups is 3.